The zero-order valence-corrected chi connectivity index (χ0v) is 3.23. The second-order valence-electron chi connectivity index (χ2n) is 0.603. The molecular weight excluding hydrogens is 60.9 g/mol. The van der Waals surface area contributed by atoms with Crippen LogP contribution < -0.4 is 0 Å². The van der Waals surface area contributed by atoms with Gasteiger partial charge in [0, 0.05) is 6.92 Å². The van der Waals surface area contributed by atoms with E-state index in [-0.39, 0.29) is 0 Å². The molecule has 0 aliphatic carbocycles. The lowest BCUT2D eigenvalue weighted by molar-refractivity contribution is 1.35. The molecule has 0 aliphatic rings. The minimum atomic E-state index is 0.733. The summed E-state index contributed by atoms with van der Waals surface area (Å²) in [6.07, 6.45) is 0. The zero-order valence-electron chi connectivity index (χ0n) is 3.23. The van der Waals surface area contributed by atoms with E-state index in [1.165, 1.54) is 0 Å². The molecule has 0 saturated carbocycles. The molecule has 0 saturated heterocycles. The summed E-state index contributed by atoms with van der Waals surface area (Å²) < 4.78 is 0. The summed E-state index contributed by atoms with van der Waals surface area (Å²) in [5, 5.41) is 0. The van der Waals surface area contributed by atoms with Gasteiger partial charge in [0.15, 0.2) is 5.97 Å². The van der Waals surface area contributed by atoms with E-state index in [1.54, 1.807) is 0 Å². The molecule has 0 N–H and O–H groups in total. The van der Waals surface area contributed by atoms with Gasteiger partial charge in [-0.3, -0.25) is 0 Å². The average Bonchev–Trinajstić information content (AvgIpc) is 1.41. The van der Waals surface area contributed by atoms with Crippen LogP contribution in [0, 0.1) is 5.97 Å². The smallest absolute Gasteiger partial charge is 0.100 e. The van der Waals surface area contributed by atoms with Gasteiger partial charge in [0.2, 0.25) is 0 Å². The SMILES string of the molecule is [B]C#[N+]CC. The Labute approximate surface area is 33.2 Å². The first kappa shape index (κ1) is 4.55. The van der Waals surface area contributed by atoms with E-state index in [9.17, 15) is 0 Å². The Morgan fingerprint density at radius 2 is 2.60 bits per heavy atom. The van der Waals surface area contributed by atoms with Gasteiger partial charge in [0.1, 0.15) is 0 Å². The molecule has 0 fully saturated rings. The number of rotatable bonds is 0. The van der Waals surface area contributed by atoms with E-state index in [0.717, 1.165) is 6.54 Å². The van der Waals surface area contributed by atoms with Gasteiger partial charge in [-0.05, 0) is 0 Å². The molecule has 0 unspecified atom stereocenters. The van der Waals surface area contributed by atoms with Crippen LogP contribution in [0.15, 0.2) is 0 Å². The zero-order chi connectivity index (χ0) is 4.12. The Morgan fingerprint density at radius 3 is 2.60 bits per heavy atom. The van der Waals surface area contributed by atoms with Crippen LogP contribution in [-0.2, 0) is 0 Å². The molecule has 2 heteroatoms. The van der Waals surface area contributed by atoms with Crippen molar-refractivity contribution in [1.29, 1.82) is 0 Å². The van der Waals surface area contributed by atoms with Gasteiger partial charge in [-0.1, -0.05) is 0 Å². The standard InChI is InChI=1S/C3H5BN/c1-2-5-3-4/h2H2,1H3/q+1. The highest BCUT2D eigenvalue weighted by Gasteiger charge is 1.65. The topological polar surface area (TPSA) is 4.36 Å². The molecule has 0 atom stereocenters. The summed E-state index contributed by atoms with van der Waals surface area (Å²) >= 11 is 0. The van der Waals surface area contributed by atoms with Gasteiger partial charge in [0.05, 0.1) is 0 Å². The predicted molar refractivity (Wildman–Crippen MR) is 23.5 cm³/mol. The number of hydrogen-bond acceptors (Lipinski definition) is 0. The van der Waals surface area contributed by atoms with E-state index in [4.69, 9.17) is 7.85 Å². The van der Waals surface area contributed by atoms with Gasteiger partial charge in [-0.2, -0.15) is 0 Å². The fourth-order valence-corrected chi connectivity index (χ4v) is 0.0913. The monoisotopic (exact) mass is 66.1 g/mol. The maximum atomic E-state index is 4.72. The Balaban J connectivity index is 2.81. The fourth-order valence-electron chi connectivity index (χ4n) is 0.0913. The quantitative estimate of drug-likeness (QED) is 0.362. The molecule has 5 heavy (non-hydrogen) atoms. The lowest BCUT2D eigenvalue weighted by Gasteiger charge is -1.43. The van der Waals surface area contributed by atoms with Gasteiger partial charge >= 0.3 is 7.85 Å². The van der Waals surface area contributed by atoms with E-state index < -0.39 is 0 Å². The highest BCUT2D eigenvalue weighted by molar-refractivity contribution is 6.21. The van der Waals surface area contributed by atoms with Crippen molar-refractivity contribution in [2.75, 3.05) is 6.54 Å². The van der Waals surface area contributed by atoms with Crippen LogP contribution in [0.2, 0.25) is 0 Å². The molecule has 0 spiro atoms. The van der Waals surface area contributed by atoms with Crippen molar-refractivity contribution in [3.05, 3.63) is 4.85 Å². The first-order valence-corrected chi connectivity index (χ1v) is 1.54. The highest BCUT2D eigenvalue weighted by Crippen LogP contribution is 1.56. The van der Waals surface area contributed by atoms with Crippen LogP contribution in [0.1, 0.15) is 6.92 Å². The molecule has 0 amide bonds. The largest absolute Gasteiger partial charge is 0.304 e. The van der Waals surface area contributed by atoms with Crippen LogP contribution in [0.4, 0.5) is 0 Å². The summed E-state index contributed by atoms with van der Waals surface area (Å²) in [6, 6.07) is 0. The molecule has 2 radical (unpaired) electrons. The lowest BCUT2D eigenvalue weighted by atomic mass is 10.2. The Kier molecular flexibility index (Phi) is 3.24. The first-order valence-electron chi connectivity index (χ1n) is 1.54. The summed E-state index contributed by atoms with van der Waals surface area (Å²) in [4.78, 5) is 3.50. The van der Waals surface area contributed by atoms with E-state index in [1.807, 2.05) is 6.92 Å². The summed E-state index contributed by atoms with van der Waals surface area (Å²) in [6.45, 7) is 2.64. The van der Waals surface area contributed by atoms with Crippen LogP contribution >= 0.6 is 0 Å². The van der Waals surface area contributed by atoms with Crippen LogP contribution in [-0.4, -0.2) is 14.4 Å². The third kappa shape index (κ3) is 3.55. The molecule has 1 nitrogen and oxygen atoms in total. The normalized spacial score (nSPS) is 5.00. The predicted octanol–water partition coefficient (Wildman–Crippen LogP) is 0.465. The van der Waals surface area contributed by atoms with Gasteiger partial charge in [-0.25, -0.2) is 0 Å². The second kappa shape index (κ2) is 3.55. The molecule has 0 aliphatic heterocycles. The lowest BCUT2D eigenvalue weighted by Crippen LogP contribution is -1.54. The van der Waals surface area contributed by atoms with Crippen LogP contribution in [0.5, 0.6) is 0 Å². The Hall–Kier alpha value is -0.445. The van der Waals surface area contributed by atoms with Crippen molar-refractivity contribution in [2.45, 2.75) is 6.92 Å². The molecule has 0 rings (SSSR count). The highest BCUT2D eigenvalue weighted by atomic mass is 14.6. The second-order valence-corrected chi connectivity index (χ2v) is 0.603. The molecule has 0 aromatic heterocycles. The third-order valence-electron chi connectivity index (χ3n) is 0.249. The summed E-state index contributed by atoms with van der Waals surface area (Å²) in [5.74, 6) is 2.14. The fraction of sp³-hybridized carbons (Fsp3) is 0.667. The minimum absolute atomic E-state index is 0.733. The van der Waals surface area contributed by atoms with Crippen molar-refractivity contribution in [3.63, 3.8) is 0 Å². The molecule has 0 aromatic rings. The van der Waals surface area contributed by atoms with Gasteiger partial charge in [0.25, 0.3) is 6.54 Å². The summed E-state index contributed by atoms with van der Waals surface area (Å²) in [5.41, 5.74) is 0. The first-order chi connectivity index (χ1) is 2.41. The van der Waals surface area contributed by atoms with Crippen LogP contribution in [0.3, 0.4) is 0 Å². The molecular formula is C3H5BN+. The maximum Gasteiger partial charge on any atom is 0.304 e. The molecule has 0 bridgehead atoms. The Bertz CT molecular complexity index is 59.0. The van der Waals surface area contributed by atoms with Crippen molar-refractivity contribution in [3.8, 4) is 5.97 Å². The number of hydrogen-bond donors (Lipinski definition) is 0. The van der Waals surface area contributed by atoms with E-state index in [2.05, 4.69) is 10.8 Å². The van der Waals surface area contributed by atoms with Crippen molar-refractivity contribution >= 4 is 7.85 Å². The minimum Gasteiger partial charge on any atom is -0.100 e. The average molecular weight is 65.9 g/mol. The molecule has 24 valence electrons. The van der Waals surface area contributed by atoms with Crippen molar-refractivity contribution < 1.29 is 0 Å². The van der Waals surface area contributed by atoms with Gasteiger partial charge in [-0.15, -0.1) is 4.85 Å². The maximum absolute atomic E-state index is 4.72. The molecule has 0 aromatic carbocycles. The molecule has 0 heterocycles. The van der Waals surface area contributed by atoms with Crippen molar-refractivity contribution in [2.24, 2.45) is 0 Å². The summed E-state index contributed by atoms with van der Waals surface area (Å²) in [7, 11) is 4.72. The Morgan fingerprint density at radius 1 is 2.00 bits per heavy atom. The van der Waals surface area contributed by atoms with E-state index >= 15 is 0 Å². The van der Waals surface area contributed by atoms with Gasteiger partial charge < -0.3 is 0 Å². The number of nitrogens with zero attached hydrogens (tertiary/aromatic N) is 1. The van der Waals surface area contributed by atoms with Crippen LogP contribution in [0.25, 0.3) is 4.85 Å². The van der Waals surface area contributed by atoms with Crippen molar-refractivity contribution in [1.82, 2.24) is 0 Å². The van der Waals surface area contributed by atoms with E-state index in [0.29, 0.717) is 0 Å². The third-order valence-corrected chi connectivity index (χ3v) is 0.249.